The summed E-state index contributed by atoms with van der Waals surface area (Å²) in [5.41, 5.74) is 0. The Morgan fingerprint density at radius 3 is 2.46 bits per heavy atom. The van der Waals surface area contributed by atoms with E-state index in [1.165, 1.54) is 37.9 Å². The molecule has 5 heteroatoms. The number of ether oxygens (including phenoxy) is 1. The number of nitrogens with zero attached hydrogens (tertiary/aromatic N) is 1. The van der Waals surface area contributed by atoms with Crippen molar-refractivity contribution in [1.29, 1.82) is 0 Å². The van der Waals surface area contributed by atoms with Gasteiger partial charge in [-0.3, -0.25) is 4.79 Å². The topological polar surface area (TPSA) is 29.5 Å². The Bertz CT molecular complexity index is 397. The fourth-order valence-corrected chi connectivity index (χ4v) is 5.62. The predicted octanol–water partition coefficient (Wildman–Crippen LogP) is 4.34. The van der Waals surface area contributed by atoms with Gasteiger partial charge >= 0.3 is 0 Å². The van der Waals surface area contributed by atoms with Crippen molar-refractivity contribution in [1.82, 2.24) is 4.90 Å². The zero-order chi connectivity index (χ0) is 16.8. The van der Waals surface area contributed by atoms with Gasteiger partial charge in [-0.1, -0.05) is 32.1 Å². The third-order valence-corrected chi connectivity index (χ3v) is 7.18. The molecule has 1 amide bonds. The fraction of sp³-hybridized carbons (Fsp3) is 0.947. The van der Waals surface area contributed by atoms with Gasteiger partial charge in [-0.2, -0.15) is 11.8 Å². The molecule has 0 radical (unpaired) electrons. The molecule has 3 nitrogen and oxygen atoms in total. The molecule has 24 heavy (non-hydrogen) atoms. The van der Waals surface area contributed by atoms with Crippen LogP contribution in [0, 0.1) is 0 Å². The summed E-state index contributed by atoms with van der Waals surface area (Å²) in [6.45, 7) is 0.931. The molecule has 2 aliphatic carbocycles. The normalized spacial score (nSPS) is 32.0. The fourth-order valence-electron chi connectivity index (χ4n) is 4.36. The minimum Gasteiger partial charge on any atom is -0.365 e. The van der Waals surface area contributed by atoms with Gasteiger partial charge < -0.3 is 9.64 Å². The van der Waals surface area contributed by atoms with Gasteiger partial charge in [-0.05, 0) is 44.3 Å². The summed E-state index contributed by atoms with van der Waals surface area (Å²) in [6, 6.07) is 0.378. The van der Waals surface area contributed by atoms with E-state index in [1.54, 1.807) is 0 Å². The Morgan fingerprint density at radius 2 is 1.75 bits per heavy atom. The number of thioether (sulfide) groups is 1. The number of halogens is 1. The van der Waals surface area contributed by atoms with Gasteiger partial charge in [0.05, 0.1) is 6.10 Å². The molecule has 1 heterocycles. The lowest BCUT2D eigenvalue weighted by atomic mass is 9.93. The quantitative estimate of drug-likeness (QED) is 0.708. The Labute approximate surface area is 150 Å². The standard InChI is InChI=1S/C19H32FNO2S/c20-17-10-4-5-11-18(17)23-14-19(22)21(13-16-9-6-12-24-16)15-7-2-1-3-8-15/h15-18H,1-14H2. The van der Waals surface area contributed by atoms with Crippen molar-refractivity contribution >= 4 is 17.7 Å². The molecular formula is C19H32FNO2S. The van der Waals surface area contributed by atoms with E-state index >= 15 is 0 Å². The molecule has 0 aromatic carbocycles. The van der Waals surface area contributed by atoms with Crippen molar-refractivity contribution in [3.05, 3.63) is 0 Å². The van der Waals surface area contributed by atoms with Crippen molar-refractivity contribution in [2.24, 2.45) is 0 Å². The van der Waals surface area contributed by atoms with Crippen LogP contribution in [0.15, 0.2) is 0 Å². The SMILES string of the molecule is O=C(COC1CCCCC1F)N(CC1CCCS1)C1CCCCC1. The molecule has 0 aromatic rings. The van der Waals surface area contributed by atoms with E-state index in [2.05, 4.69) is 4.90 Å². The molecule has 138 valence electrons. The van der Waals surface area contributed by atoms with Crippen molar-refractivity contribution in [3.63, 3.8) is 0 Å². The largest absolute Gasteiger partial charge is 0.365 e. The van der Waals surface area contributed by atoms with Crippen LogP contribution in [0.25, 0.3) is 0 Å². The van der Waals surface area contributed by atoms with E-state index in [-0.39, 0.29) is 18.6 Å². The summed E-state index contributed by atoms with van der Waals surface area (Å²) in [7, 11) is 0. The number of alkyl halides is 1. The molecule has 0 aromatic heterocycles. The molecule has 0 N–H and O–H groups in total. The highest BCUT2D eigenvalue weighted by atomic mass is 32.2. The second kappa shape index (κ2) is 9.42. The van der Waals surface area contributed by atoms with E-state index in [1.807, 2.05) is 11.8 Å². The monoisotopic (exact) mass is 357 g/mol. The van der Waals surface area contributed by atoms with Gasteiger partial charge in [-0.25, -0.2) is 4.39 Å². The zero-order valence-electron chi connectivity index (χ0n) is 14.8. The zero-order valence-corrected chi connectivity index (χ0v) is 15.6. The van der Waals surface area contributed by atoms with Crippen molar-refractivity contribution in [2.75, 3.05) is 18.9 Å². The second-order valence-corrected chi connectivity index (χ2v) is 9.03. The van der Waals surface area contributed by atoms with Crippen molar-refractivity contribution < 1.29 is 13.9 Å². The lowest BCUT2D eigenvalue weighted by molar-refractivity contribution is -0.143. The summed E-state index contributed by atoms with van der Waals surface area (Å²) < 4.78 is 19.6. The Kier molecular flexibility index (Phi) is 7.26. The highest BCUT2D eigenvalue weighted by Gasteiger charge is 2.31. The molecule has 0 bridgehead atoms. The average molecular weight is 358 g/mol. The molecule has 3 rings (SSSR count). The highest BCUT2D eigenvalue weighted by molar-refractivity contribution is 8.00. The van der Waals surface area contributed by atoms with Crippen LogP contribution < -0.4 is 0 Å². The summed E-state index contributed by atoms with van der Waals surface area (Å²) in [5, 5.41) is 0.583. The number of hydrogen-bond donors (Lipinski definition) is 0. The molecular weight excluding hydrogens is 325 g/mol. The number of carbonyl (C=O) groups is 1. The van der Waals surface area contributed by atoms with Crippen LogP contribution in [0.4, 0.5) is 4.39 Å². The third-order valence-electron chi connectivity index (χ3n) is 5.80. The van der Waals surface area contributed by atoms with E-state index in [0.29, 0.717) is 17.7 Å². The van der Waals surface area contributed by atoms with Gasteiger partial charge in [0.1, 0.15) is 12.8 Å². The lowest BCUT2D eigenvalue weighted by Gasteiger charge is -2.36. The first-order valence-corrected chi connectivity index (χ1v) is 11.0. The maximum atomic E-state index is 13.9. The Balaban J connectivity index is 1.54. The van der Waals surface area contributed by atoms with Gasteiger partial charge in [0, 0.05) is 17.8 Å². The summed E-state index contributed by atoms with van der Waals surface area (Å²) >= 11 is 2.00. The van der Waals surface area contributed by atoms with E-state index in [4.69, 9.17) is 4.74 Å². The summed E-state index contributed by atoms with van der Waals surface area (Å²) in [6.07, 6.45) is 10.5. The Hall–Kier alpha value is -0.290. The molecule has 3 atom stereocenters. The van der Waals surface area contributed by atoms with Gasteiger partial charge in [0.25, 0.3) is 0 Å². The minimum absolute atomic E-state index is 0.0684. The number of amides is 1. The number of rotatable bonds is 6. The highest BCUT2D eigenvalue weighted by Crippen LogP contribution is 2.30. The molecule has 1 aliphatic heterocycles. The molecule has 3 fully saturated rings. The smallest absolute Gasteiger partial charge is 0.248 e. The van der Waals surface area contributed by atoms with E-state index in [9.17, 15) is 9.18 Å². The molecule has 3 aliphatic rings. The Morgan fingerprint density at radius 1 is 1.00 bits per heavy atom. The van der Waals surface area contributed by atoms with Crippen LogP contribution in [-0.2, 0) is 9.53 Å². The average Bonchev–Trinajstić information content (AvgIpc) is 3.13. The summed E-state index contributed by atoms with van der Waals surface area (Å²) in [5.74, 6) is 1.31. The third kappa shape index (κ3) is 5.10. The number of carbonyl (C=O) groups excluding carboxylic acids is 1. The summed E-state index contributed by atoms with van der Waals surface area (Å²) in [4.78, 5) is 14.9. The predicted molar refractivity (Wildman–Crippen MR) is 97.2 cm³/mol. The maximum Gasteiger partial charge on any atom is 0.248 e. The maximum absolute atomic E-state index is 13.9. The lowest BCUT2D eigenvalue weighted by Crippen LogP contribution is -2.47. The first-order chi connectivity index (χ1) is 11.7. The van der Waals surface area contributed by atoms with Crippen LogP contribution in [0.1, 0.15) is 70.6 Å². The van der Waals surface area contributed by atoms with Crippen LogP contribution in [0.2, 0.25) is 0 Å². The van der Waals surface area contributed by atoms with E-state index < -0.39 is 6.17 Å². The van der Waals surface area contributed by atoms with Crippen LogP contribution in [0.5, 0.6) is 0 Å². The van der Waals surface area contributed by atoms with E-state index in [0.717, 1.165) is 38.6 Å². The number of hydrogen-bond acceptors (Lipinski definition) is 3. The minimum atomic E-state index is -0.889. The van der Waals surface area contributed by atoms with Gasteiger partial charge in [0.15, 0.2) is 0 Å². The second-order valence-electron chi connectivity index (χ2n) is 7.62. The van der Waals surface area contributed by atoms with Crippen molar-refractivity contribution in [3.8, 4) is 0 Å². The van der Waals surface area contributed by atoms with Gasteiger partial charge in [-0.15, -0.1) is 0 Å². The molecule has 2 saturated carbocycles. The van der Waals surface area contributed by atoms with Crippen LogP contribution in [0.3, 0.4) is 0 Å². The molecule has 1 saturated heterocycles. The first kappa shape index (κ1) is 18.5. The molecule has 0 spiro atoms. The molecule has 3 unspecified atom stereocenters. The van der Waals surface area contributed by atoms with Gasteiger partial charge in [0.2, 0.25) is 5.91 Å². The van der Waals surface area contributed by atoms with Crippen molar-refractivity contribution in [2.45, 2.75) is 94.2 Å². The van der Waals surface area contributed by atoms with Crippen LogP contribution >= 0.6 is 11.8 Å². The first-order valence-electron chi connectivity index (χ1n) is 9.91. The van der Waals surface area contributed by atoms with Crippen LogP contribution in [-0.4, -0.2) is 53.3 Å².